The number of cyclic esters (lactones) is 1. The lowest BCUT2D eigenvalue weighted by Gasteiger charge is -2.16. The van der Waals surface area contributed by atoms with E-state index in [1.54, 1.807) is 0 Å². The van der Waals surface area contributed by atoms with Gasteiger partial charge in [0.15, 0.2) is 5.65 Å². The van der Waals surface area contributed by atoms with Crippen molar-refractivity contribution >= 4 is 59.0 Å². The monoisotopic (exact) mass is 610 g/mol. The molecule has 0 spiro atoms. The van der Waals surface area contributed by atoms with Gasteiger partial charge in [0.05, 0.1) is 15.1 Å². The number of amides is 2. The lowest BCUT2D eigenvalue weighted by molar-refractivity contribution is 0.0999. The Kier molecular flexibility index (Phi) is 6.07. The number of nitrogens with zero attached hydrogens (tertiary/aromatic N) is 3. The van der Waals surface area contributed by atoms with Crippen LogP contribution in [-0.4, -0.2) is 42.8 Å². The van der Waals surface area contributed by atoms with Crippen molar-refractivity contribution in [2.45, 2.75) is 31.7 Å². The van der Waals surface area contributed by atoms with Crippen molar-refractivity contribution < 1.29 is 14.3 Å². The van der Waals surface area contributed by atoms with E-state index < -0.39 is 32.1 Å². The topological polar surface area (TPSA) is 141 Å². The quantitative estimate of drug-likeness (QED) is 0.364. The molecule has 2 aromatic heterocycles. The van der Waals surface area contributed by atoms with Crippen molar-refractivity contribution in [2.24, 2.45) is 5.73 Å². The smallest absolute Gasteiger partial charge is 0.407 e. The van der Waals surface area contributed by atoms with Crippen LogP contribution in [0.3, 0.4) is 0 Å². The third-order valence-electron chi connectivity index (χ3n) is 6.57. The van der Waals surface area contributed by atoms with Crippen LogP contribution >= 0.6 is 20.7 Å². The first kappa shape index (κ1) is 23.5. The van der Waals surface area contributed by atoms with Gasteiger partial charge >= 0.3 is 6.09 Å². The highest BCUT2D eigenvalue weighted by atomic mass is 127. The zero-order valence-corrected chi connectivity index (χ0v) is 21.8. The minimum absolute atomic E-state index is 0.0395. The number of rotatable bonds is 6. The third-order valence-corrected chi connectivity index (χ3v) is 9.10. The van der Waals surface area contributed by atoms with Crippen LogP contribution < -0.4 is 21.8 Å². The second kappa shape index (κ2) is 9.54. The second-order valence-corrected chi connectivity index (χ2v) is 11.4. The normalized spacial score (nSPS) is 18.6. The SMILES string of the molecule is NC(=O)c1cn(C2=IC=C3CCCC3=C2)c2nc(Nc3ccc(C[C@H]4COC(=O)N4)cc3)ncc2c1=O. The first-order valence-corrected chi connectivity index (χ1v) is 14.2. The van der Waals surface area contributed by atoms with Crippen LogP contribution in [0, 0.1) is 0 Å². The molecule has 1 saturated carbocycles. The maximum absolute atomic E-state index is 13.0. The van der Waals surface area contributed by atoms with Crippen LogP contribution in [0.25, 0.3) is 11.0 Å². The molecule has 37 heavy (non-hydrogen) atoms. The largest absolute Gasteiger partial charge is 0.447 e. The Bertz CT molecular complexity index is 1610. The Morgan fingerprint density at radius 3 is 2.78 bits per heavy atom. The van der Waals surface area contributed by atoms with Gasteiger partial charge < -0.3 is 21.1 Å². The molecule has 0 unspecified atom stereocenters. The van der Waals surface area contributed by atoms with Gasteiger partial charge in [-0.2, -0.15) is 4.98 Å². The van der Waals surface area contributed by atoms with E-state index in [0.717, 1.165) is 34.1 Å². The maximum atomic E-state index is 13.0. The molecule has 2 fully saturated rings. The van der Waals surface area contributed by atoms with Crippen molar-refractivity contribution in [1.82, 2.24) is 19.9 Å². The summed E-state index contributed by atoms with van der Waals surface area (Å²) in [4.78, 5) is 45.3. The van der Waals surface area contributed by atoms with E-state index in [0.29, 0.717) is 24.6 Å². The Hall–Kier alpha value is -3.87. The number of carbonyl (C=O) groups excluding carboxylic acids is 2. The Labute approximate surface area is 221 Å². The standard InChI is InChI=1S/C26H23IN6O4/c28-23(35)20-12-33(21-9-15-2-1-3-16(15)10-27-21)24-19(22(20)34)11-29-25(32-24)30-17-6-4-14(5-7-17)8-18-13-37-26(36)31-18/h4-7,9-12,18H,1-3,8,13H2,(H2,28,35)(H,31,36)(H,29,30,32)/t18-/m0/s1. The highest BCUT2D eigenvalue weighted by Crippen LogP contribution is 2.36. The molecule has 3 aromatic rings. The number of alkyl carbamates (subject to hydrolysis) is 1. The van der Waals surface area contributed by atoms with Gasteiger partial charge in [-0.05, 0) is 64.7 Å². The number of fused-ring (bicyclic) bond motifs is 2. The van der Waals surface area contributed by atoms with Gasteiger partial charge in [0.2, 0.25) is 11.4 Å². The number of hydrogen-bond donors (Lipinski definition) is 3. The number of hydrogen-bond acceptors (Lipinski definition) is 7. The van der Waals surface area contributed by atoms with Crippen LogP contribution in [-0.2, 0) is 11.2 Å². The van der Waals surface area contributed by atoms with Gasteiger partial charge in [0.25, 0.3) is 5.91 Å². The van der Waals surface area contributed by atoms with E-state index in [-0.39, 0.29) is 23.1 Å². The van der Waals surface area contributed by atoms with Crippen LogP contribution in [0.4, 0.5) is 16.4 Å². The van der Waals surface area contributed by atoms with Crippen molar-refractivity contribution in [1.29, 1.82) is 0 Å². The number of nitrogens with two attached hydrogens (primary N) is 1. The number of pyridine rings is 1. The highest BCUT2D eigenvalue weighted by molar-refractivity contribution is 14.2. The first-order chi connectivity index (χ1) is 17.9. The van der Waals surface area contributed by atoms with Crippen molar-refractivity contribution in [3.05, 3.63) is 79.3 Å². The summed E-state index contributed by atoms with van der Waals surface area (Å²) in [6.07, 6.45) is 8.69. The fourth-order valence-electron chi connectivity index (χ4n) is 4.68. The molecule has 2 aliphatic heterocycles. The maximum Gasteiger partial charge on any atom is 0.407 e. The summed E-state index contributed by atoms with van der Waals surface area (Å²) in [5.41, 5.74) is 9.97. The molecular formula is C26H23IN6O4. The molecule has 1 aromatic carbocycles. The Morgan fingerprint density at radius 2 is 2.03 bits per heavy atom. The Morgan fingerprint density at radius 1 is 1.22 bits per heavy atom. The van der Waals surface area contributed by atoms with E-state index in [9.17, 15) is 14.4 Å². The lowest BCUT2D eigenvalue weighted by atomic mass is 10.1. The predicted molar refractivity (Wildman–Crippen MR) is 148 cm³/mol. The molecule has 4 heterocycles. The van der Waals surface area contributed by atoms with Crippen molar-refractivity contribution in [2.75, 3.05) is 11.9 Å². The van der Waals surface area contributed by atoms with Crippen LogP contribution in [0.2, 0.25) is 0 Å². The molecule has 2 amide bonds. The number of aromatic nitrogens is 3. The van der Waals surface area contributed by atoms with Gasteiger partial charge in [-0.15, -0.1) is 0 Å². The minimum atomic E-state index is -0.772. The predicted octanol–water partition coefficient (Wildman–Crippen LogP) is 3.24. The number of benzene rings is 1. The summed E-state index contributed by atoms with van der Waals surface area (Å²) in [6.45, 7) is 0.359. The van der Waals surface area contributed by atoms with E-state index in [1.165, 1.54) is 23.5 Å². The fraction of sp³-hybridized carbons (Fsp3) is 0.231. The zero-order chi connectivity index (χ0) is 25.5. The second-order valence-electron chi connectivity index (χ2n) is 9.09. The van der Waals surface area contributed by atoms with Gasteiger partial charge in [0, 0.05) is 18.1 Å². The number of halogens is 1. The summed E-state index contributed by atoms with van der Waals surface area (Å²) < 4.78 is 10.1. The summed E-state index contributed by atoms with van der Waals surface area (Å²) in [7, 11) is 0. The molecule has 4 N–H and O–H groups in total. The molecule has 10 nitrogen and oxygen atoms in total. The lowest BCUT2D eigenvalue weighted by Crippen LogP contribution is -2.28. The van der Waals surface area contributed by atoms with Gasteiger partial charge in [0.1, 0.15) is 12.2 Å². The van der Waals surface area contributed by atoms with Gasteiger partial charge in [-0.3, -0.25) is 14.2 Å². The number of allylic oxidation sites excluding steroid dienone is 3. The zero-order valence-electron chi connectivity index (χ0n) is 19.7. The molecule has 6 rings (SSSR count). The van der Waals surface area contributed by atoms with Gasteiger partial charge in [-0.1, -0.05) is 32.9 Å². The summed E-state index contributed by atoms with van der Waals surface area (Å²) in [6, 6.07) is 7.69. The molecule has 1 aliphatic carbocycles. The summed E-state index contributed by atoms with van der Waals surface area (Å²) in [5, 5.41) is 6.21. The molecule has 1 saturated heterocycles. The van der Waals surface area contributed by atoms with E-state index in [2.05, 4.69) is 30.8 Å². The van der Waals surface area contributed by atoms with E-state index in [1.807, 2.05) is 28.8 Å². The minimum Gasteiger partial charge on any atom is -0.447 e. The van der Waals surface area contributed by atoms with Crippen LogP contribution in [0.1, 0.15) is 35.2 Å². The molecular weight excluding hydrogens is 587 g/mol. The fourth-order valence-corrected chi connectivity index (χ4v) is 7.31. The van der Waals surface area contributed by atoms with Crippen molar-refractivity contribution in [3.8, 4) is 0 Å². The number of carbonyl (C=O) groups is 2. The van der Waals surface area contributed by atoms with E-state index >= 15 is 0 Å². The average Bonchev–Trinajstić information content (AvgIpc) is 3.53. The molecule has 0 radical (unpaired) electrons. The average molecular weight is 610 g/mol. The molecule has 3 aliphatic rings. The van der Waals surface area contributed by atoms with Crippen LogP contribution in [0.15, 0.2) is 62.8 Å². The molecule has 1 atom stereocenters. The number of anilines is 2. The Balaban J connectivity index is 1.33. The molecule has 11 heteroatoms. The number of nitrogens with one attached hydrogen (secondary N) is 2. The first-order valence-electron chi connectivity index (χ1n) is 11.9. The van der Waals surface area contributed by atoms with Crippen molar-refractivity contribution in [3.63, 3.8) is 0 Å². The highest BCUT2D eigenvalue weighted by Gasteiger charge is 2.23. The van der Waals surface area contributed by atoms with Crippen LogP contribution in [0.5, 0.6) is 0 Å². The third kappa shape index (κ3) is 4.66. The number of primary amides is 1. The van der Waals surface area contributed by atoms with E-state index in [4.69, 9.17) is 10.5 Å². The molecule has 0 bridgehead atoms. The summed E-state index contributed by atoms with van der Waals surface area (Å²) in [5.74, 6) is -0.443. The summed E-state index contributed by atoms with van der Waals surface area (Å²) >= 11 is -0.482. The van der Waals surface area contributed by atoms with Gasteiger partial charge in [-0.25, -0.2) is 9.78 Å². The molecule has 188 valence electrons. The number of ether oxygens (including phenoxy) is 1.